The lowest BCUT2D eigenvalue weighted by molar-refractivity contribution is -0.129. The van der Waals surface area contributed by atoms with Crippen LogP contribution in [0, 0.1) is 13.8 Å². The third kappa shape index (κ3) is 4.98. The SMILES string of the molecule is CCOc1cc(C)c(C)cc1Nc1ncnc2sc3c(c12)CCC(NCC(=O)N1CCC(O)C1)C3. The summed E-state index contributed by atoms with van der Waals surface area (Å²) in [5, 5.41) is 17.8. The molecule has 3 aromatic rings. The van der Waals surface area contributed by atoms with E-state index >= 15 is 0 Å². The Morgan fingerprint density at radius 1 is 1.26 bits per heavy atom. The minimum Gasteiger partial charge on any atom is -0.492 e. The topological polar surface area (TPSA) is 99.6 Å². The number of aliphatic hydroxyl groups is 1. The molecule has 1 amide bonds. The van der Waals surface area contributed by atoms with Gasteiger partial charge < -0.3 is 25.4 Å². The number of carbonyl (C=O) groups is 1. The third-order valence-electron chi connectivity index (χ3n) is 7.05. The molecule has 186 valence electrons. The van der Waals surface area contributed by atoms with Crippen LogP contribution in [0.1, 0.15) is 41.3 Å². The number of fused-ring (bicyclic) bond motifs is 3. The van der Waals surface area contributed by atoms with E-state index in [2.05, 4.69) is 46.6 Å². The first-order chi connectivity index (χ1) is 16.9. The highest BCUT2D eigenvalue weighted by molar-refractivity contribution is 7.19. The van der Waals surface area contributed by atoms with Crippen molar-refractivity contribution in [3.63, 3.8) is 0 Å². The van der Waals surface area contributed by atoms with E-state index in [-0.39, 0.29) is 18.1 Å². The Morgan fingerprint density at radius 3 is 2.86 bits per heavy atom. The second kappa shape index (κ2) is 10.1. The van der Waals surface area contributed by atoms with Gasteiger partial charge in [-0.1, -0.05) is 0 Å². The monoisotopic (exact) mass is 495 g/mol. The Balaban J connectivity index is 1.34. The first kappa shape index (κ1) is 24.0. The summed E-state index contributed by atoms with van der Waals surface area (Å²) in [5.74, 6) is 1.70. The third-order valence-corrected chi connectivity index (χ3v) is 8.21. The molecule has 2 aromatic heterocycles. The summed E-state index contributed by atoms with van der Waals surface area (Å²) in [4.78, 5) is 25.7. The van der Waals surface area contributed by atoms with E-state index in [9.17, 15) is 9.90 Å². The van der Waals surface area contributed by atoms with Crippen LogP contribution in [0.2, 0.25) is 0 Å². The molecule has 1 fully saturated rings. The summed E-state index contributed by atoms with van der Waals surface area (Å²) < 4.78 is 5.90. The number of hydrogen-bond acceptors (Lipinski definition) is 8. The van der Waals surface area contributed by atoms with Gasteiger partial charge in [0.1, 0.15) is 22.7 Å². The van der Waals surface area contributed by atoms with Gasteiger partial charge in [-0.3, -0.25) is 4.79 Å². The van der Waals surface area contributed by atoms with Crippen molar-refractivity contribution < 1.29 is 14.6 Å². The van der Waals surface area contributed by atoms with Gasteiger partial charge in [0, 0.05) is 24.0 Å². The number of aliphatic hydroxyl groups excluding tert-OH is 1. The molecule has 0 saturated carbocycles. The molecule has 2 aliphatic rings. The molecule has 2 unspecified atom stereocenters. The number of ether oxygens (including phenoxy) is 1. The predicted molar refractivity (Wildman–Crippen MR) is 139 cm³/mol. The number of amides is 1. The molecular formula is C26H33N5O3S. The van der Waals surface area contributed by atoms with Crippen molar-refractivity contribution in [1.82, 2.24) is 20.2 Å². The fourth-order valence-corrected chi connectivity index (χ4v) is 6.25. The number of hydrogen-bond donors (Lipinski definition) is 3. The summed E-state index contributed by atoms with van der Waals surface area (Å²) in [6.45, 7) is 8.19. The van der Waals surface area contributed by atoms with Crippen molar-refractivity contribution >= 4 is 39.0 Å². The number of thiophene rings is 1. The van der Waals surface area contributed by atoms with E-state index in [1.165, 1.54) is 21.6 Å². The Hall–Kier alpha value is -2.75. The van der Waals surface area contributed by atoms with Gasteiger partial charge in [0.2, 0.25) is 5.91 Å². The lowest BCUT2D eigenvalue weighted by Crippen LogP contribution is -2.42. The minimum atomic E-state index is -0.382. The van der Waals surface area contributed by atoms with E-state index in [0.29, 0.717) is 32.7 Å². The van der Waals surface area contributed by atoms with Crippen LogP contribution in [0.25, 0.3) is 10.2 Å². The number of nitrogens with zero attached hydrogens (tertiary/aromatic N) is 3. The van der Waals surface area contributed by atoms with Gasteiger partial charge in [0.25, 0.3) is 0 Å². The van der Waals surface area contributed by atoms with Gasteiger partial charge >= 0.3 is 0 Å². The molecule has 1 aliphatic heterocycles. The normalized spacial score (nSPS) is 19.7. The number of β-amino-alcohol motifs (C(OH)–C–C–N with tert-alkyl or cyclic N) is 1. The molecule has 2 atom stereocenters. The van der Waals surface area contributed by atoms with Crippen molar-refractivity contribution in [1.29, 1.82) is 0 Å². The highest BCUT2D eigenvalue weighted by atomic mass is 32.1. The molecule has 3 heterocycles. The predicted octanol–water partition coefficient (Wildman–Crippen LogP) is 3.49. The Bertz CT molecular complexity index is 1240. The second-order valence-electron chi connectivity index (χ2n) is 9.50. The summed E-state index contributed by atoms with van der Waals surface area (Å²) in [6.07, 6.45) is 4.65. The first-order valence-corrected chi connectivity index (χ1v) is 13.2. The maximum atomic E-state index is 12.5. The molecule has 9 heteroatoms. The fourth-order valence-electron chi connectivity index (χ4n) is 4.98. The number of aromatic nitrogens is 2. The summed E-state index contributed by atoms with van der Waals surface area (Å²) in [5.41, 5.74) is 4.61. The van der Waals surface area contributed by atoms with Crippen molar-refractivity contribution in [2.75, 3.05) is 31.6 Å². The molecule has 0 radical (unpaired) electrons. The van der Waals surface area contributed by atoms with Crippen molar-refractivity contribution in [2.24, 2.45) is 0 Å². The Kier molecular flexibility index (Phi) is 6.91. The largest absolute Gasteiger partial charge is 0.492 e. The van der Waals surface area contributed by atoms with E-state index in [1.54, 1.807) is 22.6 Å². The standard InChI is InChI=1S/C26H33N5O3S/c1-4-34-21-10-16(3)15(2)9-20(21)30-25-24-19-6-5-17(11-22(19)35-26(24)29-14-28-25)27-12-23(33)31-8-7-18(32)13-31/h9-10,14,17-18,27,32H,4-8,11-13H2,1-3H3,(H,28,29,30). The van der Waals surface area contributed by atoms with Crippen LogP contribution >= 0.6 is 11.3 Å². The van der Waals surface area contributed by atoms with Crippen molar-refractivity contribution in [3.05, 3.63) is 40.0 Å². The van der Waals surface area contributed by atoms with Gasteiger partial charge in [0.15, 0.2) is 0 Å². The number of rotatable bonds is 7. The number of benzene rings is 1. The summed E-state index contributed by atoms with van der Waals surface area (Å²) in [6, 6.07) is 4.44. The summed E-state index contributed by atoms with van der Waals surface area (Å²) in [7, 11) is 0. The molecule has 3 N–H and O–H groups in total. The van der Waals surface area contributed by atoms with Crippen LogP contribution in [-0.4, -0.2) is 64.3 Å². The van der Waals surface area contributed by atoms with E-state index in [0.717, 1.165) is 46.7 Å². The van der Waals surface area contributed by atoms with Crippen LogP contribution < -0.4 is 15.4 Å². The van der Waals surface area contributed by atoms with Crippen LogP contribution in [0.4, 0.5) is 11.5 Å². The first-order valence-electron chi connectivity index (χ1n) is 12.4. The maximum absolute atomic E-state index is 12.5. The number of anilines is 2. The lowest BCUT2D eigenvalue weighted by Gasteiger charge is -2.25. The quantitative estimate of drug-likeness (QED) is 0.461. The molecule has 1 aliphatic carbocycles. The van der Waals surface area contributed by atoms with Crippen molar-refractivity contribution in [2.45, 2.75) is 58.6 Å². The van der Waals surface area contributed by atoms with Gasteiger partial charge in [-0.2, -0.15) is 0 Å². The number of likely N-dealkylation sites (tertiary alicyclic amines) is 1. The van der Waals surface area contributed by atoms with E-state index < -0.39 is 0 Å². The average Bonchev–Trinajstić information content (AvgIpc) is 3.44. The summed E-state index contributed by atoms with van der Waals surface area (Å²) >= 11 is 1.72. The zero-order valence-corrected chi connectivity index (χ0v) is 21.4. The molecular weight excluding hydrogens is 462 g/mol. The minimum absolute atomic E-state index is 0.0690. The van der Waals surface area contributed by atoms with Gasteiger partial charge in [-0.25, -0.2) is 9.97 Å². The highest BCUT2D eigenvalue weighted by Crippen LogP contribution is 2.40. The van der Waals surface area contributed by atoms with Gasteiger partial charge in [-0.15, -0.1) is 11.3 Å². The number of nitrogens with one attached hydrogen (secondary N) is 2. The molecule has 1 saturated heterocycles. The zero-order valence-electron chi connectivity index (χ0n) is 20.6. The van der Waals surface area contributed by atoms with E-state index in [4.69, 9.17) is 4.74 Å². The zero-order chi connectivity index (χ0) is 24.5. The lowest BCUT2D eigenvalue weighted by atomic mass is 9.93. The highest BCUT2D eigenvalue weighted by Gasteiger charge is 2.28. The second-order valence-corrected chi connectivity index (χ2v) is 10.6. The number of carbonyl (C=O) groups excluding carboxylic acids is 1. The molecule has 5 rings (SSSR count). The molecule has 0 bridgehead atoms. The van der Waals surface area contributed by atoms with Crippen LogP contribution in [-0.2, 0) is 17.6 Å². The number of aryl methyl sites for hydroxylation is 3. The molecule has 8 nitrogen and oxygen atoms in total. The fraction of sp³-hybridized carbons (Fsp3) is 0.500. The van der Waals surface area contributed by atoms with Crippen LogP contribution in [0.3, 0.4) is 0 Å². The molecule has 0 spiro atoms. The Morgan fingerprint density at radius 2 is 2.09 bits per heavy atom. The molecule has 35 heavy (non-hydrogen) atoms. The van der Waals surface area contributed by atoms with Gasteiger partial charge in [0.05, 0.1) is 30.3 Å². The van der Waals surface area contributed by atoms with E-state index in [1.807, 2.05) is 6.92 Å². The average molecular weight is 496 g/mol. The van der Waals surface area contributed by atoms with Crippen LogP contribution in [0.15, 0.2) is 18.5 Å². The smallest absolute Gasteiger partial charge is 0.236 e. The van der Waals surface area contributed by atoms with Gasteiger partial charge in [-0.05, 0) is 75.3 Å². The Labute approximate surface area is 209 Å². The van der Waals surface area contributed by atoms with Crippen molar-refractivity contribution in [3.8, 4) is 5.75 Å². The van der Waals surface area contributed by atoms with Crippen LogP contribution in [0.5, 0.6) is 5.75 Å². The maximum Gasteiger partial charge on any atom is 0.236 e. The molecule has 1 aromatic carbocycles.